The van der Waals surface area contributed by atoms with E-state index in [0.717, 1.165) is 17.3 Å². The fourth-order valence-corrected chi connectivity index (χ4v) is 2.57. The van der Waals surface area contributed by atoms with E-state index in [0.29, 0.717) is 0 Å². The van der Waals surface area contributed by atoms with Gasteiger partial charge in [0.1, 0.15) is 0 Å². The Hall–Kier alpha value is -2.25. The van der Waals surface area contributed by atoms with Gasteiger partial charge in [-0.15, -0.1) is 0 Å². The van der Waals surface area contributed by atoms with Crippen LogP contribution in [0.4, 0.5) is 5.69 Å². The number of anilines is 1. The number of rotatable bonds is 4. The van der Waals surface area contributed by atoms with Crippen LogP contribution in [0.5, 0.6) is 0 Å². The van der Waals surface area contributed by atoms with Crippen LogP contribution >= 0.6 is 11.6 Å². The van der Waals surface area contributed by atoms with Crippen LogP contribution in [0.1, 0.15) is 5.56 Å². The summed E-state index contributed by atoms with van der Waals surface area (Å²) in [5, 5.41) is 4.15. The molecule has 0 fully saturated rings. The lowest BCUT2D eigenvalue weighted by atomic mass is 10.00. The van der Waals surface area contributed by atoms with E-state index in [1.165, 1.54) is 16.7 Å². The molecule has 1 N–H and O–H groups in total. The van der Waals surface area contributed by atoms with E-state index in [2.05, 4.69) is 53.8 Å². The smallest absolute Gasteiger partial charge is 0.0637 e. The molecule has 2 heteroatoms. The van der Waals surface area contributed by atoms with E-state index in [1.807, 2.05) is 30.3 Å². The largest absolute Gasteiger partial charge is 0.380 e. The maximum atomic E-state index is 6.18. The minimum atomic E-state index is 0.745. The van der Waals surface area contributed by atoms with Crippen LogP contribution in [0.15, 0.2) is 78.9 Å². The molecule has 1 nitrogen and oxygen atoms in total. The van der Waals surface area contributed by atoms with Crippen LogP contribution in [0, 0.1) is 0 Å². The average molecular weight is 294 g/mol. The second kappa shape index (κ2) is 6.47. The molecule has 0 radical (unpaired) electrons. The first-order chi connectivity index (χ1) is 10.3. The van der Waals surface area contributed by atoms with Gasteiger partial charge in [-0.05, 0) is 28.8 Å². The summed E-state index contributed by atoms with van der Waals surface area (Å²) >= 11 is 6.18. The van der Waals surface area contributed by atoms with Gasteiger partial charge < -0.3 is 5.32 Å². The molecule has 0 aromatic heterocycles. The summed E-state index contributed by atoms with van der Waals surface area (Å²) in [6, 6.07) is 26.7. The highest BCUT2D eigenvalue weighted by molar-refractivity contribution is 6.33. The molecule has 0 heterocycles. The van der Waals surface area contributed by atoms with Crippen LogP contribution < -0.4 is 5.32 Å². The molecular weight excluding hydrogens is 278 g/mol. The first-order valence-corrected chi connectivity index (χ1v) is 7.34. The van der Waals surface area contributed by atoms with E-state index in [-0.39, 0.29) is 0 Å². The normalized spacial score (nSPS) is 10.3. The number of benzene rings is 3. The van der Waals surface area contributed by atoms with E-state index in [1.54, 1.807) is 0 Å². The number of nitrogens with one attached hydrogen (secondary N) is 1. The van der Waals surface area contributed by atoms with Gasteiger partial charge in [0.2, 0.25) is 0 Å². The molecule has 0 spiro atoms. The van der Waals surface area contributed by atoms with Gasteiger partial charge in [-0.25, -0.2) is 0 Å². The van der Waals surface area contributed by atoms with E-state index >= 15 is 0 Å². The summed E-state index contributed by atoms with van der Waals surface area (Å²) in [5.74, 6) is 0. The fourth-order valence-electron chi connectivity index (χ4n) is 2.37. The van der Waals surface area contributed by atoms with Crippen molar-refractivity contribution in [1.82, 2.24) is 0 Å². The van der Waals surface area contributed by atoms with Crippen molar-refractivity contribution in [1.29, 1.82) is 0 Å². The summed E-state index contributed by atoms with van der Waals surface area (Å²) in [6.07, 6.45) is 0. The van der Waals surface area contributed by atoms with Crippen LogP contribution in [0.25, 0.3) is 11.1 Å². The third kappa shape index (κ3) is 3.26. The van der Waals surface area contributed by atoms with Gasteiger partial charge in [0.05, 0.1) is 10.7 Å². The van der Waals surface area contributed by atoms with Gasteiger partial charge in [0, 0.05) is 6.54 Å². The lowest BCUT2D eigenvalue weighted by Gasteiger charge is -2.12. The second-order valence-electron chi connectivity index (χ2n) is 4.86. The van der Waals surface area contributed by atoms with Gasteiger partial charge in [0.15, 0.2) is 0 Å². The van der Waals surface area contributed by atoms with Crippen molar-refractivity contribution in [3.8, 4) is 11.1 Å². The number of para-hydroxylation sites is 1. The maximum absolute atomic E-state index is 6.18. The monoisotopic (exact) mass is 293 g/mol. The molecule has 0 bridgehead atoms. The Morgan fingerprint density at radius 2 is 1.38 bits per heavy atom. The van der Waals surface area contributed by atoms with Crippen molar-refractivity contribution in [2.24, 2.45) is 0 Å². The molecule has 21 heavy (non-hydrogen) atoms. The predicted molar refractivity (Wildman–Crippen MR) is 90.7 cm³/mol. The standard InChI is InChI=1S/C19H16ClN/c20-18-12-6-7-13-19(18)21-14-16-10-4-5-11-17(16)15-8-2-1-3-9-15/h1-13,21H,14H2. The van der Waals surface area contributed by atoms with Crippen molar-refractivity contribution in [2.75, 3.05) is 5.32 Å². The molecule has 0 aliphatic heterocycles. The van der Waals surface area contributed by atoms with Gasteiger partial charge in [-0.3, -0.25) is 0 Å². The van der Waals surface area contributed by atoms with Crippen LogP contribution in [-0.2, 0) is 6.54 Å². The zero-order valence-electron chi connectivity index (χ0n) is 11.6. The number of halogens is 1. The van der Waals surface area contributed by atoms with Crippen molar-refractivity contribution in [2.45, 2.75) is 6.54 Å². The fraction of sp³-hybridized carbons (Fsp3) is 0.0526. The molecule has 104 valence electrons. The van der Waals surface area contributed by atoms with Crippen molar-refractivity contribution < 1.29 is 0 Å². The minimum Gasteiger partial charge on any atom is -0.380 e. The zero-order chi connectivity index (χ0) is 14.5. The number of hydrogen-bond acceptors (Lipinski definition) is 1. The van der Waals surface area contributed by atoms with Gasteiger partial charge >= 0.3 is 0 Å². The molecule has 0 atom stereocenters. The molecule has 3 aromatic carbocycles. The van der Waals surface area contributed by atoms with Crippen LogP contribution in [0.2, 0.25) is 5.02 Å². The molecule has 0 aliphatic carbocycles. The molecular formula is C19H16ClN. The second-order valence-corrected chi connectivity index (χ2v) is 5.26. The summed E-state index contributed by atoms with van der Waals surface area (Å²) in [6.45, 7) is 0.745. The molecule has 3 aromatic rings. The summed E-state index contributed by atoms with van der Waals surface area (Å²) in [5.41, 5.74) is 4.69. The summed E-state index contributed by atoms with van der Waals surface area (Å²) < 4.78 is 0. The molecule has 3 rings (SSSR count). The average Bonchev–Trinajstić information content (AvgIpc) is 2.55. The SMILES string of the molecule is Clc1ccccc1NCc1ccccc1-c1ccccc1. The topological polar surface area (TPSA) is 12.0 Å². The zero-order valence-corrected chi connectivity index (χ0v) is 12.3. The lowest BCUT2D eigenvalue weighted by molar-refractivity contribution is 1.15. The third-order valence-electron chi connectivity index (χ3n) is 3.45. The maximum Gasteiger partial charge on any atom is 0.0637 e. The van der Waals surface area contributed by atoms with Gasteiger partial charge in [-0.2, -0.15) is 0 Å². The third-order valence-corrected chi connectivity index (χ3v) is 3.77. The Labute approximate surface area is 130 Å². The van der Waals surface area contributed by atoms with Gasteiger partial charge in [0.25, 0.3) is 0 Å². The van der Waals surface area contributed by atoms with Crippen LogP contribution in [-0.4, -0.2) is 0 Å². The Balaban J connectivity index is 1.85. The first-order valence-electron chi connectivity index (χ1n) is 6.96. The van der Waals surface area contributed by atoms with E-state index in [4.69, 9.17) is 11.6 Å². The first kappa shape index (κ1) is 13.7. The molecule has 0 unspecified atom stereocenters. The summed E-state index contributed by atoms with van der Waals surface area (Å²) in [4.78, 5) is 0. The Kier molecular flexibility index (Phi) is 4.23. The highest BCUT2D eigenvalue weighted by Gasteiger charge is 2.05. The molecule has 0 saturated heterocycles. The Morgan fingerprint density at radius 1 is 0.714 bits per heavy atom. The predicted octanol–water partition coefficient (Wildman–Crippen LogP) is 5.62. The molecule has 0 amide bonds. The quantitative estimate of drug-likeness (QED) is 0.658. The molecule has 0 saturated carbocycles. The lowest BCUT2D eigenvalue weighted by Crippen LogP contribution is -2.01. The number of hydrogen-bond donors (Lipinski definition) is 1. The van der Waals surface area contributed by atoms with E-state index < -0.39 is 0 Å². The Morgan fingerprint density at radius 3 is 2.19 bits per heavy atom. The Bertz CT molecular complexity index is 722. The minimum absolute atomic E-state index is 0.745. The highest BCUT2D eigenvalue weighted by atomic mass is 35.5. The summed E-state index contributed by atoms with van der Waals surface area (Å²) in [7, 11) is 0. The van der Waals surface area contributed by atoms with Crippen molar-refractivity contribution >= 4 is 17.3 Å². The van der Waals surface area contributed by atoms with E-state index in [9.17, 15) is 0 Å². The van der Waals surface area contributed by atoms with Crippen molar-refractivity contribution in [3.63, 3.8) is 0 Å². The van der Waals surface area contributed by atoms with Crippen LogP contribution in [0.3, 0.4) is 0 Å². The molecule has 0 aliphatic rings. The van der Waals surface area contributed by atoms with Gasteiger partial charge in [-0.1, -0.05) is 78.3 Å². The van der Waals surface area contributed by atoms with Crippen molar-refractivity contribution in [3.05, 3.63) is 89.4 Å². The highest BCUT2D eigenvalue weighted by Crippen LogP contribution is 2.26.